The molecule has 22 heavy (non-hydrogen) atoms. The highest BCUT2D eigenvalue weighted by molar-refractivity contribution is 9.13. The van der Waals surface area contributed by atoms with E-state index >= 15 is 0 Å². The molecule has 0 saturated carbocycles. The van der Waals surface area contributed by atoms with Crippen molar-refractivity contribution in [3.8, 4) is 10.7 Å². The topological polar surface area (TPSA) is 59.8 Å². The Morgan fingerprint density at radius 3 is 2.91 bits per heavy atom. The summed E-state index contributed by atoms with van der Waals surface area (Å²) in [6.45, 7) is 6.82. The Hall–Kier alpha value is -0.640. The lowest BCUT2D eigenvalue weighted by atomic mass is 10.4. The third kappa shape index (κ3) is 4.21. The molecule has 5 nitrogen and oxygen atoms in total. The van der Waals surface area contributed by atoms with Crippen LogP contribution in [0.25, 0.3) is 10.7 Å². The third-order valence-corrected chi connectivity index (χ3v) is 6.89. The molecule has 0 radical (unpaired) electrons. The van der Waals surface area contributed by atoms with Crippen molar-refractivity contribution >= 4 is 60.9 Å². The molecule has 9 heteroatoms. The second-order valence-electron chi connectivity index (χ2n) is 4.16. The average molecular weight is 466 g/mol. The number of halogens is 2. The van der Waals surface area contributed by atoms with E-state index in [0.717, 1.165) is 30.7 Å². The monoisotopic (exact) mass is 464 g/mol. The smallest absolute Gasteiger partial charge is 0.230 e. The van der Waals surface area contributed by atoms with E-state index in [-0.39, 0.29) is 5.91 Å². The van der Waals surface area contributed by atoms with E-state index in [0.29, 0.717) is 12.3 Å². The Bertz CT molecular complexity index is 664. The fraction of sp³-hybridized carbons (Fsp3) is 0.308. The first-order valence-corrected chi connectivity index (χ1v) is 9.84. The SMILES string of the molecule is C=CCNC(=O)CSc1nnc(-c2cc(Br)c(Br)s2)n1CC. The number of nitrogens with one attached hydrogen (secondary N) is 1. The molecule has 0 aromatic carbocycles. The van der Waals surface area contributed by atoms with Crippen LogP contribution >= 0.6 is 55.0 Å². The minimum absolute atomic E-state index is 0.0429. The molecule has 0 bridgehead atoms. The van der Waals surface area contributed by atoms with Crippen LogP contribution < -0.4 is 5.32 Å². The highest BCUT2D eigenvalue weighted by Gasteiger charge is 2.17. The first kappa shape index (κ1) is 17.7. The van der Waals surface area contributed by atoms with Gasteiger partial charge in [-0.25, -0.2) is 0 Å². The number of carbonyl (C=O) groups is 1. The lowest BCUT2D eigenvalue weighted by Gasteiger charge is -2.06. The summed E-state index contributed by atoms with van der Waals surface area (Å²) in [6.07, 6.45) is 1.65. The number of hydrogen-bond acceptors (Lipinski definition) is 5. The van der Waals surface area contributed by atoms with Gasteiger partial charge in [-0.15, -0.1) is 28.1 Å². The quantitative estimate of drug-likeness (QED) is 0.496. The Labute approximate surface area is 153 Å². The number of hydrogen-bond donors (Lipinski definition) is 1. The van der Waals surface area contributed by atoms with Crippen LogP contribution in [0.1, 0.15) is 6.92 Å². The molecule has 0 spiro atoms. The van der Waals surface area contributed by atoms with Crippen molar-refractivity contribution in [2.45, 2.75) is 18.6 Å². The Morgan fingerprint density at radius 2 is 2.32 bits per heavy atom. The van der Waals surface area contributed by atoms with Gasteiger partial charge < -0.3 is 9.88 Å². The minimum Gasteiger partial charge on any atom is -0.352 e. The van der Waals surface area contributed by atoms with Crippen LogP contribution in [-0.2, 0) is 11.3 Å². The fourth-order valence-electron chi connectivity index (χ4n) is 1.69. The van der Waals surface area contributed by atoms with Gasteiger partial charge in [0.05, 0.1) is 14.4 Å². The van der Waals surface area contributed by atoms with Gasteiger partial charge in [-0.05, 0) is 44.8 Å². The molecule has 0 saturated heterocycles. The van der Waals surface area contributed by atoms with Crippen LogP contribution in [0.3, 0.4) is 0 Å². The van der Waals surface area contributed by atoms with Gasteiger partial charge in [0.25, 0.3) is 0 Å². The standard InChI is InChI=1S/C13H14Br2N4OS2/c1-3-5-16-10(20)7-21-13-18-17-12(19(13)4-2)9-6-8(14)11(15)22-9/h3,6H,1,4-5,7H2,2H3,(H,16,20). The van der Waals surface area contributed by atoms with E-state index in [1.54, 1.807) is 17.4 Å². The van der Waals surface area contributed by atoms with Crippen LogP contribution in [0, 0.1) is 0 Å². The summed E-state index contributed by atoms with van der Waals surface area (Å²) in [5, 5.41) is 12.0. The van der Waals surface area contributed by atoms with Gasteiger partial charge in [0, 0.05) is 17.6 Å². The summed E-state index contributed by atoms with van der Waals surface area (Å²) in [4.78, 5) is 12.7. The van der Waals surface area contributed by atoms with Crippen molar-refractivity contribution in [1.82, 2.24) is 20.1 Å². The van der Waals surface area contributed by atoms with Gasteiger partial charge >= 0.3 is 0 Å². The number of aromatic nitrogens is 3. The number of thiophene rings is 1. The largest absolute Gasteiger partial charge is 0.352 e. The molecule has 2 rings (SSSR count). The molecule has 1 N–H and O–H groups in total. The molecule has 0 atom stereocenters. The predicted octanol–water partition coefficient (Wildman–Crippen LogP) is 3.95. The zero-order chi connectivity index (χ0) is 16.1. The molecule has 2 aromatic heterocycles. The maximum absolute atomic E-state index is 11.7. The lowest BCUT2D eigenvalue weighted by Crippen LogP contribution is -2.25. The number of nitrogens with zero attached hydrogens (tertiary/aromatic N) is 3. The summed E-state index contributed by atoms with van der Waals surface area (Å²) in [5.41, 5.74) is 0. The summed E-state index contributed by atoms with van der Waals surface area (Å²) >= 11 is 9.94. The molecule has 2 aromatic rings. The van der Waals surface area contributed by atoms with Crippen LogP contribution in [0.2, 0.25) is 0 Å². The fourth-order valence-corrected chi connectivity index (χ4v) is 4.55. The van der Waals surface area contributed by atoms with Crippen molar-refractivity contribution in [3.05, 3.63) is 27.0 Å². The van der Waals surface area contributed by atoms with Gasteiger partial charge in [0.15, 0.2) is 11.0 Å². The number of carbonyl (C=O) groups excluding carboxylic acids is 1. The third-order valence-electron chi connectivity index (χ3n) is 2.67. The van der Waals surface area contributed by atoms with Gasteiger partial charge in [0.1, 0.15) is 0 Å². The Balaban J connectivity index is 2.14. The average Bonchev–Trinajstić information content (AvgIpc) is 3.06. The molecule has 2 heterocycles. The van der Waals surface area contributed by atoms with Crippen molar-refractivity contribution in [3.63, 3.8) is 0 Å². The van der Waals surface area contributed by atoms with E-state index in [9.17, 15) is 4.79 Å². The molecular weight excluding hydrogens is 452 g/mol. The normalized spacial score (nSPS) is 10.7. The van der Waals surface area contributed by atoms with Crippen molar-refractivity contribution < 1.29 is 4.79 Å². The summed E-state index contributed by atoms with van der Waals surface area (Å²) in [6, 6.07) is 2.01. The first-order chi connectivity index (χ1) is 10.6. The van der Waals surface area contributed by atoms with Crippen LogP contribution in [0.5, 0.6) is 0 Å². The molecule has 0 aliphatic heterocycles. The van der Waals surface area contributed by atoms with Crippen LogP contribution in [0.4, 0.5) is 0 Å². The van der Waals surface area contributed by atoms with E-state index in [4.69, 9.17) is 0 Å². The molecule has 0 fully saturated rings. The number of thioether (sulfide) groups is 1. The van der Waals surface area contributed by atoms with Crippen LogP contribution in [-0.4, -0.2) is 33.0 Å². The van der Waals surface area contributed by atoms with Crippen molar-refractivity contribution in [2.75, 3.05) is 12.3 Å². The van der Waals surface area contributed by atoms with Crippen molar-refractivity contribution in [1.29, 1.82) is 0 Å². The maximum atomic E-state index is 11.7. The summed E-state index contributed by atoms with van der Waals surface area (Å²) in [7, 11) is 0. The van der Waals surface area contributed by atoms with Gasteiger partial charge in [0.2, 0.25) is 5.91 Å². The van der Waals surface area contributed by atoms with E-state index in [1.807, 2.05) is 17.6 Å². The predicted molar refractivity (Wildman–Crippen MR) is 98.3 cm³/mol. The second-order valence-corrected chi connectivity index (χ2v) is 8.33. The molecule has 118 valence electrons. The Kier molecular flexibility index (Phi) is 6.66. The van der Waals surface area contributed by atoms with Gasteiger partial charge in [-0.3, -0.25) is 4.79 Å². The summed E-state index contributed by atoms with van der Waals surface area (Å²) < 4.78 is 4.03. The molecule has 1 amide bonds. The molecule has 0 aliphatic carbocycles. The second kappa shape index (κ2) is 8.28. The van der Waals surface area contributed by atoms with Crippen molar-refractivity contribution in [2.24, 2.45) is 0 Å². The van der Waals surface area contributed by atoms with Gasteiger partial charge in [-0.1, -0.05) is 17.8 Å². The van der Waals surface area contributed by atoms with Gasteiger partial charge in [-0.2, -0.15) is 0 Å². The van der Waals surface area contributed by atoms with Crippen LogP contribution in [0.15, 0.2) is 32.1 Å². The van der Waals surface area contributed by atoms with E-state index < -0.39 is 0 Å². The summed E-state index contributed by atoms with van der Waals surface area (Å²) in [5.74, 6) is 1.08. The number of amides is 1. The number of rotatable bonds is 7. The minimum atomic E-state index is -0.0429. The highest BCUT2D eigenvalue weighted by Crippen LogP contribution is 2.38. The Morgan fingerprint density at radius 1 is 1.55 bits per heavy atom. The molecule has 0 aliphatic rings. The zero-order valence-electron chi connectivity index (χ0n) is 11.8. The lowest BCUT2D eigenvalue weighted by molar-refractivity contribution is -0.118. The van der Waals surface area contributed by atoms with E-state index in [1.165, 1.54) is 11.8 Å². The molecular formula is C13H14Br2N4OS2. The molecule has 0 unspecified atom stereocenters. The van der Waals surface area contributed by atoms with E-state index in [2.05, 4.69) is 54.0 Å². The highest BCUT2D eigenvalue weighted by atomic mass is 79.9. The zero-order valence-corrected chi connectivity index (χ0v) is 16.6. The maximum Gasteiger partial charge on any atom is 0.230 e. The first-order valence-electron chi connectivity index (χ1n) is 6.45.